The van der Waals surface area contributed by atoms with Crippen LogP contribution in [-0.2, 0) is 0 Å². The van der Waals surface area contributed by atoms with Gasteiger partial charge in [-0.3, -0.25) is 9.59 Å². The number of hydrogen-bond donors (Lipinski definition) is 3. The van der Waals surface area contributed by atoms with Crippen molar-refractivity contribution in [2.45, 2.75) is 13.8 Å². The molecule has 0 bridgehead atoms. The van der Waals surface area contributed by atoms with E-state index in [4.69, 9.17) is 0 Å². The fourth-order valence-electron chi connectivity index (χ4n) is 2.50. The number of aryl methyl sites for hydroxylation is 2. The Morgan fingerprint density at radius 2 is 1.73 bits per heavy atom. The fraction of sp³-hybridized carbons (Fsp3) is 0.105. The molecule has 0 fully saturated rings. The topological polar surface area (TPSA) is 86.9 Å². The number of halogens is 1. The highest BCUT2D eigenvalue weighted by molar-refractivity contribution is 9.10. The largest absolute Gasteiger partial charge is 0.340 e. The normalized spacial score (nSPS) is 10.4. The Balaban J connectivity index is 1.77. The van der Waals surface area contributed by atoms with Gasteiger partial charge in [-0.25, -0.2) is 4.98 Å². The lowest BCUT2D eigenvalue weighted by Crippen LogP contribution is -2.20. The average molecular weight is 413 g/mol. The van der Waals surface area contributed by atoms with Crippen LogP contribution in [0, 0.1) is 13.8 Å². The van der Waals surface area contributed by atoms with E-state index >= 15 is 0 Å². The molecule has 6 nitrogen and oxygen atoms in total. The second-order valence-electron chi connectivity index (χ2n) is 5.86. The summed E-state index contributed by atoms with van der Waals surface area (Å²) in [5.74, 6) is -0.880. The molecule has 2 aromatic carbocycles. The Kier molecular flexibility index (Phi) is 5.18. The molecule has 3 rings (SSSR count). The van der Waals surface area contributed by atoms with Gasteiger partial charge < -0.3 is 15.6 Å². The molecule has 1 aromatic heterocycles. The molecule has 0 aliphatic rings. The van der Waals surface area contributed by atoms with Crippen molar-refractivity contribution in [2.24, 2.45) is 0 Å². The van der Waals surface area contributed by atoms with Crippen molar-refractivity contribution in [1.29, 1.82) is 0 Å². The van der Waals surface area contributed by atoms with Gasteiger partial charge in [-0.1, -0.05) is 33.6 Å². The van der Waals surface area contributed by atoms with E-state index in [9.17, 15) is 9.59 Å². The maximum absolute atomic E-state index is 12.6. The van der Waals surface area contributed by atoms with Crippen molar-refractivity contribution in [3.63, 3.8) is 0 Å². The number of anilines is 2. The lowest BCUT2D eigenvalue weighted by molar-refractivity contribution is 0.0985. The summed E-state index contributed by atoms with van der Waals surface area (Å²) in [4.78, 5) is 31.8. The number of nitrogens with zero attached hydrogens (tertiary/aromatic N) is 1. The highest BCUT2D eigenvalue weighted by Crippen LogP contribution is 2.18. The standard InChI is InChI=1S/C19H17BrN4O2/c1-11-3-8-15(12(2)9-11)24-19(26)17-16(21-10-22-17)18(25)23-14-6-4-13(20)5-7-14/h3-10H,1-2H3,(H,21,22)(H,23,25)(H,24,26). The monoisotopic (exact) mass is 412 g/mol. The summed E-state index contributed by atoms with van der Waals surface area (Å²) in [6, 6.07) is 12.9. The summed E-state index contributed by atoms with van der Waals surface area (Å²) < 4.78 is 0.906. The molecule has 0 unspecified atom stereocenters. The first-order valence-corrected chi connectivity index (χ1v) is 8.72. The summed E-state index contributed by atoms with van der Waals surface area (Å²) in [7, 11) is 0. The van der Waals surface area contributed by atoms with Gasteiger partial charge in [0.05, 0.1) is 6.33 Å². The number of aromatic nitrogens is 2. The summed E-state index contributed by atoms with van der Waals surface area (Å²) in [5, 5.41) is 5.54. The van der Waals surface area contributed by atoms with Crippen LogP contribution in [0.5, 0.6) is 0 Å². The van der Waals surface area contributed by atoms with Crippen molar-refractivity contribution in [3.05, 3.63) is 75.8 Å². The lowest BCUT2D eigenvalue weighted by atomic mass is 10.1. The third-order valence-corrected chi connectivity index (χ3v) is 4.34. The Labute approximate surface area is 159 Å². The van der Waals surface area contributed by atoms with E-state index in [0.717, 1.165) is 15.6 Å². The number of imidazole rings is 1. The van der Waals surface area contributed by atoms with Crippen molar-refractivity contribution in [1.82, 2.24) is 9.97 Å². The third kappa shape index (κ3) is 4.00. The van der Waals surface area contributed by atoms with Crippen LogP contribution in [0.15, 0.2) is 53.3 Å². The van der Waals surface area contributed by atoms with Crippen LogP contribution in [0.1, 0.15) is 32.1 Å². The number of carbonyl (C=O) groups is 2. The zero-order chi connectivity index (χ0) is 18.7. The molecule has 2 amide bonds. The molecule has 0 spiro atoms. The molecule has 1 heterocycles. The van der Waals surface area contributed by atoms with Gasteiger partial charge in [0.25, 0.3) is 11.8 Å². The summed E-state index contributed by atoms with van der Waals surface area (Å²) >= 11 is 3.34. The van der Waals surface area contributed by atoms with Gasteiger partial charge >= 0.3 is 0 Å². The van der Waals surface area contributed by atoms with Crippen LogP contribution in [0.25, 0.3) is 0 Å². The van der Waals surface area contributed by atoms with Crippen LogP contribution in [-0.4, -0.2) is 21.8 Å². The molecule has 132 valence electrons. The minimum atomic E-state index is -0.459. The number of benzene rings is 2. The number of aromatic amines is 1. The number of rotatable bonds is 4. The van der Waals surface area contributed by atoms with Gasteiger partial charge in [-0.2, -0.15) is 0 Å². The highest BCUT2D eigenvalue weighted by Gasteiger charge is 2.21. The van der Waals surface area contributed by atoms with E-state index in [2.05, 4.69) is 36.5 Å². The van der Waals surface area contributed by atoms with E-state index in [-0.39, 0.29) is 11.4 Å². The first-order chi connectivity index (χ1) is 12.4. The average Bonchev–Trinajstić information content (AvgIpc) is 3.09. The minimum absolute atomic E-state index is 0.0372. The third-order valence-electron chi connectivity index (χ3n) is 3.81. The van der Waals surface area contributed by atoms with Crippen LogP contribution >= 0.6 is 15.9 Å². The van der Waals surface area contributed by atoms with Gasteiger partial charge in [0.2, 0.25) is 0 Å². The smallest absolute Gasteiger partial charge is 0.276 e. The molecular weight excluding hydrogens is 396 g/mol. The molecule has 0 atom stereocenters. The highest BCUT2D eigenvalue weighted by atomic mass is 79.9. The van der Waals surface area contributed by atoms with E-state index in [1.54, 1.807) is 12.1 Å². The lowest BCUT2D eigenvalue weighted by Gasteiger charge is -2.09. The molecule has 0 saturated carbocycles. The summed E-state index contributed by atoms with van der Waals surface area (Å²) in [5.41, 5.74) is 3.50. The Morgan fingerprint density at radius 1 is 1.00 bits per heavy atom. The van der Waals surface area contributed by atoms with E-state index < -0.39 is 11.8 Å². The molecule has 0 aliphatic carbocycles. The van der Waals surface area contributed by atoms with Gasteiger partial charge in [-0.15, -0.1) is 0 Å². The molecule has 7 heteroatoms. The maximum atomic E-state index is 12.6. The molecule has 0 saturated heterocycles. The molecular formula is C19H17BrN4O2. The van der Waals surface area contributed by atoms with Crippen molar-refractivity contribution in [2.75, 3.05) is 10.6 Å². The first kappa shape index (κ1) is 17.9. The van der Waals surface area contributed by atoms with E-state index in [1.807, 2.05) is 44.2 Å². The van der Waals surface area contributed by atoms with Crippen LogP contribution < -0.4 is 10.6 Å². The predicted molar refractivity (Wildman–Crippen MR) is 105 cm³/mol. The molecule has 0 aliphatic heterocycles. The number of H-pyrrole nitrogens is 1. The Bertz CT molecular complexity index is 964. The first-order valence-electron chi connectivity index (χ1n) is 7.93. The molecule has 26 heavy (non-hydrogen) atoms. The van der Waals surface area contributed by atoms with Gasteiger partial charge in [0.15, 0.2) is 5.69 Å². The van der Waals surface area contributed by atoms with E-state index in [0.29, 0.717) is 11.4 Å². The zero-order valence-electron chi connectivity index (χ0n) is 14.3. The zero-order valence-corrected chi connectivity index (χ0v) is 15.8. The van der Waals surface area contributed by atoms with Gasteiger partial charge in [0, 0.05) is 15.8 Å². The maximum Gasteiger partial charge on any atom is 0.276 e. The van der Waals surface area contributed by atoms with Crippen LogP contribution in [0.3, 0.4) is 0 Å². The quantitative estimate of drug-likeness (QED) is 0.596. The second kappa shape index (κ2) is 7.53. The summed E-state index contributed by atoms with van der Waals surface area (Å²) in [6.07, 6.45) is 1.33. The van der Waals surface area contributed by atoms with Gasteiger partial charge in [0.1, 0.15) is 5.69 Å². The second-order valence-corrected chi connectivity index (χ2v) is 6.78. The number of hydrogen-bond acceptors (Lipinski definition) is 3. The fourth-order valence-corrected chi connectivity index (χ4v) is 2.77. The summed E-state index contributed by atoms with van der Waals surface area (Å²) in [6.45, 7) is 3.90. The number of carbonyl (C=O) groups excluding carboxylic acids is 2. The van der Waals surface area contributed by atoms with Crippen LogP contribution in [0.2, 0.25) is 0 Å². The molecule has 3 aromatic rings. The SMILES string of the molecule is Cc1ccc(NC(=O)c2[nH]cnc2C(=O)Nc2ccc(Br)cc2)c(C)c1. The molecule has 3 N–H and O–H groups in total. The molecule has 0 radical (unpaired) electrons. The van der Waals surface area contributed by atoms with E-state index in [1.165, 1.54) is 6.33 Å². The minimum Gasteiger partial charge on any atom is -0.340 e. The Morgan fingerprint density at radius 3 is 2.42 bits per heavy atom. The van der Waals surface area contributed by atoms with Crippen molar-refractivity contribution < 1.29 is 9.59 Å². The number of amides is 2. The predicted octanol–water partition coefficient (Wildman–Crippen LogP) is 4.29. The van der Waals surface area contributed by atoms with Crippen molar-refractivity contribution in [3.8, 4) is 0 Å². The van der Waals surface area contributed by atoms with Crippen molar-refractivity contribution >= 4 is 39.1 Å². The van der Waals surface area contributed by atoms with Crippen LogP contribution in [0.4, 0.5) is 11.4 Å². The number of nitrogens with one attached hydrogen (secondary N) is 3. The van der Waals surface area contributed by atoms with Gasteiger partial charge in [-0.05, 0) is 49.7 Å². The Hall–Kier alpha value is -2.93.